The molecule has 1 rings (SSSR count). The van der Waals surface area contributed by atoms with E-state index in [2.05, 4.69) is 30.8 Å². The van der Waals surface area contributed by atoms with E-state index in [-0.39, 0.29) is 0 Å². The minimum atomic E-state index is 0.460. The molecule has 31 heavy (non-hydrogen) atoms. The summed E-state index contributed by atoms with van der Waals surface area (Å²) in [7, 11) is 0. The highest BCUT2D eigenvalue weighted by atomic mass is 32.2. The first-order chi connectivity index (χ1) is 15.1. The summed E-state index contributed by atoms with van der Waals surface area (Å²) >= 11 is 2.12. The highest BCUT2D eigenvalue weighted by Gasteiger charge is 2.03. The zero-order chi connectivity index (χ0) is 22.6. The van der Waals surface area contributed by atoms with Crippen molar-refractivity contribution >= 4 is 11.8 Å². The van der Waals surface area contributed by atoms with E-state index in [1.54, 1.807) is 0 Å². The monoisotopic (exact) mass is 448 g/mol. The van der Waals surface area contributed by atoms with Gasteiger partial charge in [0.1, 0.15) is 5.75 Å². The van der Waals surface area contributed by atoms with Crippen molar-refractivity contribution in [2.24, 2.45) is 0 Å². The van der Waals surface area contributed by atoms with Gasteiger partial charge >= 0.3 is 0 Å². The third-order valence-electron chi connectivity index (χ3n) is 6.45. The van der Waals surface area contributed by atoms with Crippen LogP contribution < -0.4 is 0 Å². The van der Waals surface area contributed by atoms with Crippen LogP contribution in [0.4, 0.5) is 0 Å². The number of rotatable bonds is 21. The maximum Gasteiger partial charge on any atom is 0.121 e. The van der Waals surface area contributed by atoms with Gasteiger partial charge in [0.25, 0.3) is 0 Å². The van der Waals surface area contributed by atoms with Crippen molar-refractivity contribution in [3.8, 4) is 5.75 Å². The Morgan fingerprint density at radius 2 is 0.968 bits per heavy atom. The van der Waals surface area contributed by atoms with Crippen molar-refractivity contribution in [1.82, 2.24) is 0 Å². The molecule has 0 saturated heterocycles. The van der Waals surface area contributed by atoms with Gasteiger partial charge in [0.05, 0.1) is 0 Å². The van der Waals surface area contributed by atoms with Crippen LogP contribution in [0.5, 0.6) is 5.75 Å². The van der Waals surface area contributed by atoms with Crippen molar-refractivity contribution in [3.63, 3.8) is 0 Å². The van der Waals surface area contributed by atoms with Gasteiger partial charge in [-0.2, -0.15) is 11.8 Å². The highest BCUT2D eigenvalue weighted by molar-refractivity contribution is 7.99. The molecule has 0 aliphatic rings. The number of phenolic OH excluding ortho intramolecular Hbond substituents is 1. The van der Waals surface area contributed by atoms with Gasteiger partial charge < -0.3 is 5.11 Å². The molecule has 1 N–H and O–H groups in total. The fraction of sp³-hybridized carbons (Fsp3) is 0.793. The van der Waals surface area contributed by atoms with Gasteiger partial charge in [-0.15, -0.1) is 0 Å². The number of thioether (sulfide) groups is 1. The molecule has 0 aliphatic heterocycles. The summed E-state index contributed by atoms with van der Waals surface area (Å²) in [5.74, 6) is 3.05. The topological polar surface area (TPSA) is 20.2 Å². The largest absolute Gasteiger partial charge is 0.507 e. The molecule has 0 unspecified atom stereocenters. The summed E-state index contributed by atoms with van der Waals surface area (Å²) in [6.07, 6.45) is 25.5. The molecule has 0 amide bonds. The Morgan fingerprint density at radius 3 is 1.42 bits per heavy atom. The van der Waals surface area contributed by atoms with Crippen molar-refractivity contribution in [3.05, 3.63) is 28.8 Å². The lowest BCUT2D eigenvalue weighted by atomic mass is 10.0. The van der Waals surface area contributed by atoms with E-state index in [1.807, 2.05) is 13.8 Å². The first-order valence-corrected chi connectivity index (χ1v) is 14.7. The Hall–Kier alpha value is -0.630. The molecule has 1 nitrogen and oxygen atoms in total. The number of aromatic hydroxyl groups is 1. The van der Waals surface area contributed by atoms with Gasteiger partial charge in [0, 0.05) is 0 Å². The SMILES string of the molecule is CCCCCCCCCCCCCCCCCCSCCCc1cc(C)c(O)c(C)c1. The van der Waals surface area contributed by atoms with Gasteiger partial charge in [-0.3, -0.25) is 0 Å². The summed E-state index contributed by atoms with van der Waals surface area (Å²) in [6, 6.07) is 4.28. The zero-order valence-electron chi connectivity index (χ0n) is 21.2. The van der Waals surface area contributed by atoms with E-state index in [9.17, 15) is 5.11 Å². The lowest BCUT2D eigenvalue weighted by Crippen LogP contribution is -1.92. The second-order valence-electron chi connectivity index (χ2n) is 9.60. The zero-order valence-corrected chi connectivity index (χ0v) is 22.0. The molecule has 0 spiro atoms. The fourth-order valence-corrected chi connectivity index (χ4v) is 5.38. The minimum Gasteiger partial charge on any atom is -0.507 e. The Balaban J connectivity index is 1.77. The Morgan fingerprint density at radius 1 is 0.581 bits per heavy atom. The van der Waals surface area contributed by atoms with Crippen molar-refractivity contribution in [1.29, 1.82) is 0 Å². The maximum atomic E-state index is 9.87. The standard InChI is InChI=1S/C29H52OS/c1-4-5-6-7-8-9-10-11-12-13-14-15-16-17-18-19-22-31-23-20-21-28-24-26(2)29(30)27(3)25-28/h24-25,30H,4-23H2,1-3H3. The predicted octanol–water partition coefficient (Wildman–Crippen LogP) is 9.94. The van der Waals surface area contributed by atoms with E-state index in [4.69, 9.17) is 0 Å². The van der Waals surface area contributed by atoms with Gasteiger partial charge in [0.15, 0.2) is 0 Å². The average Bonchev–Trinajstić information content (AvgIpc) is 2.76. The molecule has 0 atom stereocenters. The normalized spacial score (nSPS) is 11.3. The minimum absolute atomic E-state index is 0.460. The highest BCUT2D eigenvalue weighted by Crippen LogP contribution is 2.24. The molecule has 0 aromatic heterocycles. The molecule has 0 heterocycles. The molecule has 0 fully saturated rings. The average molecular weight is 449 g/mol. The number of unbranched alkanes of at least 4 members (excludes halogenated alkanes) is 15. The van der Waals surface area contributed by atoms with Crippen LogP contribution in [0.1, 0.15) is 133 Å². The maximum absolute atomic E-state index is 9.87. The Kier molecular flexibility index (Phi) is 18.3. The molecular formula is C29H52OS. The van der Waals surface area contributed by atoms with Crippen LogP contribution in [0.2, 0.25) is 0 Å². The first kappa shape index (κ1) is 28.4. The van der Waals surface area contributed by atoms with Crippen molar-refractivity contribution in [2.45, 2.75) is 136 Å². The predicted molar refractivity (Wildman–Crippen MR) is 143 cm³/mol. The molecule has 1 aromatic rings. The third-order valence-corrected chi connectivity index (χ3v) is 7.60. The molecule has 0 aliphatic carbocycles. The number of aryl methyl sites for hydroxylation is 3. The Bertz CT molecular complexity index is 517. The summed E-state index contributed by atoms with van der Waals surface area (Å²) in [6.45, 7) is 6.29. The fourth-order valence-electron chi connectivity index (χ4n) is 4.42. The number of hydrogen-bond donors (Lipinski definition) is 1. The molecule has 0 saturated carbocycles. The molecule has 0 bridgehead atoms. The van der Waals surface area contributed by atoms with Gasteiger partial charge in [-0.05, 0) is 61.3 Å². The molecule has 180 valence electrons. The van der Waals surface area contributed by atoms with Crippen molar-refractivity contribution < 1.29 is 5.11 Å². The van der Waals surface area contributed by atoms with E-state index in [0.717, 1.165) is 17.5 Å². The van der Waals surface area contributed by atoms with Crippen LogP contribution in [-0.2, 0) is 6.42 Å². The second-order valence-corrected chi connectivity index (χ2v) is 10.8. The summed E-state index contributed by atoms with van der Waals surface area (Å²) in [4.78, 5) is 0. The number of phenols is 1. The van der Waals surface area contributed by atoms with Crippen LogP contribution in [0.15, 0.2) is 12.1 Å². The van der Waals surface area contributed by atoms with E-state index in [0.29, 0.717) is 5.75 Å². The molecule has 0 radical (unpaired) electrons. The lowest BCUT2D eigenvalue weighted by Gasteiger charge is -2.08. The number of hydrogen-bond acceptors (Lipinski definition) is 2. The second kappa shape index (κ2) is 20.0. The van der Waals surface area contributed by atoms with Gasteiger partial charge in [0.2, 0.25) is 0 Å². The third kappa shape index (κ3) is 15.8. The quantitative estimate of drug-likeness (QED) is 0.189. The first-order valence-electron chi connectivity index (χ1n) is 13.5. The molecule has 2 heteroatoms. The van der Waals surface area contributed by atoms with E-state index < -0.39 is 0 Å². The summed E-state index contributed by atoms with van der Waals surface area (Å²) < 4.78 is 0. The Labute approximate surface area is 199 Å². The smallest absolute Gasteiger partial charge is 0.121 e. The van der Waals surface area contributed by atoms with E-state index >= 15 is 0 Å². The van der Waals surface area contributed by atoms with Crippen molar-refractivity contribution in [2.75, 3.05) is 11.5 Å². The summed E-state index contributed by atoms with van der Waals surface area (Å²) in [5.41, 5.74) is 3.39. The van der Waals surface area contributed by atoms with Crippen LogP contribution >= 0.6 is 11.8 Å². The van der Waals surface area contributed by atoms with Crippen LogP contribution in [0, 0.1) is 13.8 Å². The molecule has 1 aromatic carbocycles. The van der Waals surface area contributed by atoms with E-state index in [1.165, 1.54) is 126 Å². The van der Waals surface area contributed by atoms with Gasteiger partial charge in [-0.25, -0.2) is 0 Å². The number of benzene rings is 1. The summed E-state index contributed by atoms with van der Waals surface area (Å²) in [5, 5.41) is 9.87. The molecular weight excluding hydrogens is 396 g/mol. The van der Waals surface area contributed by atoms with Crippen LogP contribution in [0.25, 0.3) is 0 Å². The lowest BCUT2D eigenvalue weighted by molar-refractivity contribution is 0.466. The van der Waals surface area contributed by atoms with Gasteiger partial charge in [-0.1, -0.05) is 115 Å². The van der Waals surface area contributed by atoms with Crippen LogP contribution in [0.3, 0.4) is 0 Å². The van der Waals surface area contributed by atoms with Crippen LogP contribution in [-0.4, -0.2) is 16.6 Å².